The van der Waals surface area contributed by atoms with Crippen molar-refractivity contribution in [3.63, 3.8) is 0 Å². The lowest BCUT2D eigenvalue weighted by molar-refractivity contribution is 0.392. The summed E-state index contributed by atoms with van der Waals surface area (Å²) in [5.74, 6) is 0. The molecule has 0 aromatic heterocycles. The molecular weight excluding hydrogens is 834 g/mol. The van der Waals surface area contributed by atoms with Gasteiger partial charge in [0.15, 0.2) is 0 Å². The maximum absolute atomic E-state index is 2.70. The van der Waals surface area contributed by atoms with Crippen LogP contribution in [0, 0.1) is 17.8 Å². The standard InChI is InChI=1S/C65H70BN3/c1-41-31-59-61-60(32-41)69(56-24-15-20-45-38-65(10,11)40-52(45)56)58-35-47(63(5,6)7)26-29-53(58)66(61)54-36-50(28-30-57(54)68(59)55-23-14-19-44-37-64(8,9)39-51(44)55)67(48-22-16-21-46(34-48)62(2,3)4)49-27-25-42-17-12-13-18-43(42)33-49/h14-16,19-36H,12-13,17-18,37-40H2,1-11H3. The van der Waals surface area contributed by atoms with Crippen molar-refractivity contribution in [1.29, 1.82) is 0 Å². The van der Waals surface area contributed by atoms with E-state index in [4.69, 9.17) is 0 Å². The molecule has 0 bridgehead atoms. The van der Waals surface area contributed by atoms with Gasteiger partial charge in [-0.25, -0.2) is 0 Å². The van der Waals surface area contributed by atoms with Gasteiger partial charge in [0.1, 0.15) is 0 Å². The molecule has 3 aliphatic carbocycles. The predicted octanol–water partition coefficient (Wildman–Crippen LogP) is 15.3. The Morgan fingerprint density at radius 1 is 0.449 bits per heavy atom. The van der Waals surface area contributed by atoms with Crippen molar-refractivity contribution < 1.29 is 0 Å². The third-order valence-electron chi connectivity index (χ3n) is 16.5. The molecule has 3 nitrogen and oxygen atoms in total. The highest BCUT2D eigenvalue weighted by molar-refractivity contribution is 7.00. The first-order valence-corrected chi connectivity index (χ1v) is 26.1. The van der Waals surface area contributed by atoms with Crippen molar-refractivity contribution in [3.8, 4) is 0 Å². The molecule has 0 atom stereocenters. The SMILES string of the molecule is Cc1cc2c3c(c1)N(c1cccc4c1CC(C)(C)C4)c1cc(C(C)(C)C)ccc1B3c1cc(N(c3cccc(C(C)(C)C)c3)c3ccc4c(c3)CCCC4)ccc1N2c1cccc2c1CC(C)(C)C2. The van der Waals surface area contributed by atoms with Crippen LogP contribution in [0.4, 0.5) is 51.2 Å². The Bertz CT molecular complexity index is 3250. The van der Waals surface area contributed by atoms with Gasteiger partial charge in [0, 0.05) is 51.2 Å². The van der Waals surface area contributed by atoms with E-state index in [2.05, 4.69) is 218 Å². The Morgan fingerprint density at radius 3 is 1.64 bits per heavy atom. The van der Waals surface area contributed by atoms with Gasteiger partial charge in [0.2, 0.25) is 0 Å². The fourth-order valence-electron chi connectivity index (χ4n) is 13.2. The Labute approximate surface area is 413 Å². The van der Waals surface area contributed by atoms with Crippen molar-refractivity contribution in [1.82, 2.24) is 0 Å². The molecule has 7 aromatic rings. The minimum Gasteiger partial charge on any atom is -0.311 e. The van der Waals surface area contributed by atoms with E-state index in [1.165, 1.54) is 137 Å². The first kappa shape index (κ1) is 44.2. The Kier molecular flexibility index (Phi) is 9.94. The molecule has 5 aliphatic rings. The molecular formula is C65H70BN3. The van der Waals surface area contributed by atoms with Crippen LogP contribution in [0.25, 0.3) is 0 Å². The number of hydrogen-bond donors (Lipinski definition) is 0. The lowest BCUT2D eigenvalue weighted by Crippen LogP contribution is -2.61. The summed E-state index contributed by atoms with van der Waals surface area (Å²) in [5, 5.41) is 0. The largest absolute Gasteiger partial charge is 0.311 e. The molecule has 348 valence electrons. The molecule has 0 saturated carbocycles. The average Bonchev–Trinajstić information content (AvgIpc) is 3.81. The summed E-state index contributed by atoms with van der Waals surface area (Å²) in [6.07, 6.45) is 9.18. The van der Waals surface area contributed by atoms with E-state index < -0.39 is 0 Å². The van der Waals surface area contributed by atoms with Gasteiger partial charge in [-0.1, -0.05) is 124 Å². The summed E-state index contributed by atoms with van der Waals surface area (Å²) in [7, 11) is 0. The monoisotopic (exact) mass is 904 g/mol. The Balaban J connectivity index is 1.16. The molecule has 0 unspecified atom stereocenters. The van der Waals surface area contributed by atoms with Crippen LogP contribution in [0.5, 0.6) is 0 Å². The Hall–Kier alpha value is -6.00. The van der Waals surface area contributed by atoms with Crippen LogP contribution in [-0.4, -0.2) is 6.71 Å². The molecule has 7 aromatic carbocycles. The van der Waals surface area contributed by atoms with Crippen LogP contribution in [0.2, 0.25) is 0 Å². The van der Waals surface area contributed by atoms with Gasteiger partial charge in [0.05, 0.1) is 0 Å². The zero-order valence-corrected chi connectivity index (χ0v) is 43.2. The summed E-state index contributed by atoms with van der Waals surface area (Å²) in [5.41, 5.74) is 29.0. The lowest BCUT2D eigenvalue weighted by atomic mass is 9.33. The quantitative estimate of drug-likeness (QED) is 0.159. The van der Waals surface area contributed by atoms with E-state index in [1.54, 1.807) is 0 Å². The van der Waals surface area contributed by atoms with Crippen molar-refractivity contribution >= 4 is 74.3 Å². The maximum atomic E-state index is 2.70. The molecule has 0 saturated heterocycles. The van der Waals surface area contributed by atoms with E-state index in [9.17, 15) is 0 Å². The second-order valence-electron chi connectivity index (χ2n) is 25.2. The molecule has 4 heteroatoms. The molecule has 0 N–H and O–H groups in total. The first-order valence-electron chi connectivity index (χ1n) is 26.1. The number of nitrogens with zero attached hydrogens (tertiary/aromatic N) is 3. The lowest BCUT2D eigenvalue weighted by Gasteiger charge is -2.45. The zero-order valence-electron chi connectivity index (χ0n) is 43.2. The number of rotatable bonds is 5. The van der Waals surface area contributed by atoms with E-state index >= 15 is 0 Å². The Morgan fingerprint density at radius 2 is 1.00 bits per heavy atom. The van der Waals surface area contributed by atoms with Crippen molar-refractivity contribution in [2.75, 3.05) is 14.7 Å². The number of hydrogen-bond acceptors (Lipinski definition) is 3. The molecule has 69 heavy (non-hydrogen) atoms. The van der Waals surface area contributed by atoms with Crippen molar-refractivity contribution in [2.24, 2.45) is 10.8 Å². The minimum absolute atomic E-state index is 0.00878. The van der Waals surface area contributed by atoms with Gasteiger partial charge in [0.25, 0.3) is 6.71 Å². The number of anilines is 9. The average molecular weight is 904 g/mol. The fraction of sp³-hybridized carbons (Fsp3) is 0.354. The van der Waals surface area contributed by atoms with Crippen LogP contribution in [0.3, 0.4) is 0 Å². The molecule has 0 fully saturated rings. The van der Waals surface area contributed by atoms with Crippen molar-refractivity contribution in [3.05, 3.63) is 177 Å². The van der Waals surface area contributed by atoms with Gasteiger partial charge in [-0.05, 0) is 219 Å². The molecule has 12 rings (SSSR count). The van der Waals surface area contributed by atoms with E-state index in [-0.39, 0.29) is 28.4 Å². The molecule has 0 amide bonds. The first-order chi connectivity index (χ1) is 32.8. The van der Waals surface area contributed by atoms with Crippen LogP contribution >= 0.6 is 0 Å². The van der Waals surface area contributed by atoms with Gasteiger partial charge in [-0.3, -0.25) is 0 Å². The topological polar surface area (TPSA) is 9.72 Å². The number of benzene rings is 7. The van der Waals surface area contributed by atoms with Crippen molar-refractivity contribution in [2.45, 2.75) is 138 Å². The fourth-order valence-corrected chi connectivity index (χ4v) is 13.2. The van der Waals surface area contributed by atoms with E-state index in [0.717, 1.165) is 32.1 Å². The summed E-state index contributed by atoms with van der Waals surface area (Å²) in [6.45, 7) is 26.2. The number of aryl methyl sites for hydroxylation is 3. The van der Waals surface area contributed by atoms with Crippen LogP contribution in [0.15, 0.2) is 127 Å². The molecule has 2 heterocycles. The maximum Gasteiger partial charge on any atom is 0.252 e. The second-order valence-corrected chi connectivity index (χ2v) is 25.2. The third kappa shape index (κ3) is 7.37. The summed E-state index contributed by atoms with van der Waals surface area (Å²) >= 11 is 0. The predicted molar refractivity (Wildman–Crippen MR) is 296 cm³/mol. The van der Waals surface area contributed by atoms with Gasteiger partial charge >= 0.3 is 0 Å². The molecule has 0 radical (unpaired) electrons. The van der Waals surface area contributed by atoms with Gasteiger partial charge in [-0.15, -0.1) is 0 Å². The normalized spacial score (nSPS) is 17.2. The smallest absolute Gasteiger partial charge is 0.252 e. The summed E-state index contributed by atoms with van der Waals surface area (Å²) < 4.78 is 0. The van der Waals surface area contributed by atoms with Gasteiger partial charge in [-0.2, -0.15) is 0 Å². The third-order valence-corrected chi connectivity index (χ3v) is 16.5. The molecule has 0 spiro atoms. The van der Waals surface area contributed by atoms with Crippen LogP contribution in [0.1, 0.15) is 132 Å². The highest BCUT2D eigenvalue weighted by Gasteiger charge is 2.46. The second kappa shape index (κ2) is 15.5. The minimum atomic E-state index is -0.0216. The van der Waals surface area contributed by atoms with Gasteiger partial charge < -0.3 is 14.7 Å². The molecule has 2 aliphatic heterocycles. The summed E-state index contributed by atoms with van der Waals surface area (Å²) in [4.78, 5) is 7.96. The highest BCUT2D eigenvalue weighted by Crippen LogP contribution is 2.52. The van der Waals surface area contributed by atoms with Crippen LogP contribution in [-0.2, 0) is 49.4 Å². The zero-order chi connectivity index (χ0) is 47.9. The van der Waals surface area contributed by atoms with E-state index in [0.29, 0.717) is 0 Å². The summed E-state index contributed by atoms with van der Waals surface area (Å²) in [6, 6.07) is 51.0. The van der Waals surface area contributed by atoms with E-state index in [1.807, 2.05) is 0 Å². The number of fused-ring (bicyclic) bond motifs is 7. The highest BCUT2D eigenvalue weighted by atomic mass is 15.2. The van der Waals surface area contributed by atoms with Crippen LogP contribution < -0.4 is 31.1 Å².